The molecule has 23 heavy (non-hydrogen) atoms. The molecule has 1 aliphatic rings. The minimum absolute atomic E-state index is 0.00652. The second kappa shape index (κ2) is 6.51. The van der Waals surface area contributed by atoms with E-state index in [0.29, 0.717) is 18.1 Å². The van der Waals surface area contributed by atoms with Crippen molar-refractivity contribution in [2.24, 2.45) is 0 Å². The number of aryl methyl sites for hydroxylation is 1. The third-order valence-corrected chi connectivity index (χ3v) is 6.00. The van der Waals surface area contributed by atoms with Gasteiger partial charge >= 0.3 is 0 Å². The van der Waals surface area contributed by atoms with Crippen LogP contribution in [0.5, 0.6) is 5.75 Å². The number of amides is 1. The van der Waals surface area contributed by atoms with Gasteiger partial charge in [-0.05, 0) is 43.4 Å². The molecular weight excluding hydrogens is 314 g/mol. The highest BCUT2D eigenvalue weighted by Crippen LogP contribution is 2.27. The van der Waals surface area contributed by atoms with Crippen molar-refractivity contribution >= 4 is 15.7 Å². The molecule has 0 radical (unpaired) electrons. The number of rotatable bonds is 5. The molecule has 0 aliphatic carbocycles. The second-order valence-electron chi connectivity index (χ2n) is 6.94. The Balaban J connectivity index is 1.99. The lowest BCUT2D eigenvalue weighted by molar-refractivity contribution is -0.124. The van der Waals surface area contributed by atoms with E-state index in [9.17, 15) is 13.2 Å². The number of carbonyl (C=O) groups excluding carboxylic acids is 1. The molecule has 0 unspecified atom stereocenters. The van der Waals surface area contributed by atoms with Gasteiger partial charge in [0.15, 0.2) is 16.4 Å². The van der Waals surface area contributed by atoms with E-state index in [2.05, 4.69) is 19.2 Å². The highest BCUT2D eigenvalue weighted by atomic mass is 32.2. The molecule has 1 aromatic carbocycles. The summed E-state index contributed by atoms with van der Waals surface area (Å²) in [6.45, 7) is 7.77. The summed E-state index contributed by atoms with van der Waals surface area (Å²) in [5.41, 5.74) is 1.43. The number of ether oxygens (including phenoxy) is 1. The SMILES string of the molecule is Cc1ccc(C(C)C)c(OCC(=O)N[C@@]2(C)CCS(=O)(=O)C2)c1. The van der Waals surface area contributed by atoms with E-state index in [1.165, 1.54) is 0 Å². The summed E-state index contributed by atoms with van der Waals surface area (Å²) in [7, 11) is -3.05. The first kappa shape index (κ1) is 17.8. The van der Waals surface area contributed by atoms with Gasteiger partial charge in [0, 0.05) is 0 Å². The summed E-state index contributed by atoms with van der Waals surface area (Å²) < 4.78 is 28.8. The van der Waals surface area contributed by atoms with Crippen molar-refractivity contribution in [2.75, 3.05) is 18.1 Å². The van der Waals surface area contributed by atoms with Crippen LogP contribution in [0.3, 0.4) is 0 Å². The molecule has 1 aliphatic heterocycles. The van der Waals surface area contributed by atoms with Crippen LogP contribution in [0.15, 0.2) is 18.2 Å². The van der Waals surface area contributed by atoms with E-state index in [4.69, 9.17) is 4.74 Å². The fourth-order valence-electron chi connectivity index (χ4n) is 2.87. The summed E-state index contributed by atoms with van der Waals surface area (Å²) >= 11 is 0. The summed E-state index contributed by atoms with van der Waals surface area (Å²) in [6, 6.07) is 5.95. The fraction of sp³-hybridized carbons (Fsp3) is 0.588. The molecule has 1 atom stereocenters. The Morgan fingerprint density at radius 2 is 2.09 bits per heavy atom. The first-order chi connectivity index (χ1) is 10.6. The quantitative estimate of drug-likeness (QED) is 0.892. The van der Waals surface area contributed by atoms with Crippen molar-refractivity contribution in [3.8, 4) is 5.75 Å². The van der Waals surface area contributed by atoms with Gasteiger partial charge in [0.2, 0.25) is 0 Å². The van der Waals surface area contributed by atoms with Gasteiger partial charge in [0.05, 0.1) is 17.0 Å². The molecule has 0 spiro atoms. The number of hydrogen-bond acceptors (Lipinski definition) is 4. The smallest absolute Gasteiger partial charge is 0.258 e. The average molecular weight is 339 g/mol. The Hall–Kier alpha value is -1.56. The average Bonchev–Trinajstić information content (AvgIpc) is 2.69. The zero-order valence-electron chi connectivity index (χ0n) is 14.2. The largest absolute Gasteiger partial charge is 0.483 e. The first-order valence-corrected chi connectivity index (χ1v) is 9.67. The topological polar surface area (TPSA) is 72.5 Å². The molecule has 1 saturated heterocycles. The Kier molecular flexibility index (Phi) is 5.04. The van der Waals surface area contributed by atoms with Gasteiger partial charge < -0.3 is 10.1 Å². The lowest BCUT2D eigenvalue weighted by Gasteiger charge is -2.24. The maximum absolute atomic E-state index is 12.1. The van der Waals surface area contributed by atoms with Crippen LogP contribution in [-0.4, -0.2) is 38.0 Å². The predicted octanol–water partition coefficient (Wildman–Crippen LogP) is 2.19. The van der Waals surface area contributed by atoms with Crippen molar-refractivity contribution in [1.29, 1.82) is 0 Å². The van der Waals surface area contributed by atoms with E-state index in [1.54, 1.807) is 6.92 Å². The van der Waals surface area contributed by atoms with E-state index in [1.807, 2.05) is 25.1 Å². The molecular formula is C17H25NO4S. The van der Waals surface area contributed by atoms with E-state index >= 15 is 0 Å². The molecule has 0 bridgehead atoms. The Labute approximate surface area is 138 Å². The predicted molar refractivity (Wildman–Crippen MR) is 90.6 cm³/mol. The molecule has 1 N–H and O–H groups in total. The molecule has 1 aromatic rings. The normalized spacial score (nSPS) is 23.0. The van der Waals surface area contributed by atoms with Crippen LogP contribution in [-0.2, 0) is 14.6 Å². The maximum atomic E-state index is 12.1. The zero-order valence-corrected chi connectivity index (χ0v) is 15.0. The third kappa shape index (κ3) is 4.70. The molecule has 6 heteroatoms. The lowest BCUT2D eigenvalue weighted by atomic mass is 10.0. The molecule has 1 heterocycles. The zero-order chi connectivity index (χ0) is 17.3. The van der Waals surface area contributed by atoms with Gasteiger partial charge in [-0.1, -0.05) is 26.0 Å². The summed E-state index contributed by atoms with van der Waals surface area (Å²) in [5.74, 6) is 0.833. The Morgan fingerprint density at radius 1 is 1.39 bits per heavy atom. The molecule has 128 valence electrons. The van der Waals surface area contributed by atoms with E-state index in [0.717, 1.165) is 11.1 Å². The van der Waals surface area contributed by atoms with Crippen LogP contribution in [0, 0.1) is 6.92 Å². The number of nitrogens with one attached hydrogen (secondary N) is 1. The first-order valence-electron chi connectivity index (χ1n) is 7.85. The molecule has 2 rings (SSSR count). The van der Waals surface area contributed by atoms with Crippen molar-refractivity contribution in [3.05, 3.63) is 29.3 Å². The number of benzene rings is 1. The highest BCUT2D eigenvalue weighted by molar-refractivity contribution is 7.91. The van der Waals surface area contributed by atoms with Crippen LogP contribution < -0.4 is 10.1 Å². The Bertz CT molecular complexity index is 697. The van der Waals surface area contributed by atoms with Gasteiger partial charge in [-0.25, -0.2) is 8.42 Å². The van der Waals surface area contributed by atoms with Crippen LogP contribution in [0.2, 0.25) is 0 Å². The number of carbonyl (C=O) groups is 1. The molecule has 0 aromatic heterocycles. The van der Waals surface area contributed by atoms with E-state index < -0.39 is 15.4 Å². The van der Waals surface area contributed by atoms with Gasteiger partial charge in [-0.2, -0.15) is 0 Å². The van der Waals surface area contributed by atoms with Crippen molar-refractivity contribution in [1.82, 2.24) is 5.32 Å². The van der Waals surface area contributed by atoms with Crippen molar-refractivity contribution in [3.63, 3.8) is 0 Å². The minimum atomic E-state index is -3.05. The van der Waals surface area contributed by atoms with Crippen molar-refractivity contribution < 1.29 is 17.9 Å². The minimum Gasteiger partial charge on any atom is -0.483 e. The lowest BCUT2D eigenvalue weighted by Crippen LogP contribution is -2.48. The molecule has 0 saturated carbocycles. The maximum Gasteiger partial charge on any atom is 0.258 e. The monoisotopic (exact) mass is 339 g/mol. The van der Waals surface area contributed by atoms with Crippen LogP contribution in [0.4, 0.5) is 0 Å². The summed E-state index contributed by atoms with van der Waals surface area (Å²) in [5, 5.41) is 2.80. The van der Waals surface area contributed by atoms with Crippen molar-refractivity contribution in [2.45, 2.75) is 45.6 Å². The van der Waals surface area contributed by atoms with Gasteiger partial charge in [-0.3, -0.25) is 4.79 Å². The third-order valence-electron chi connectivity index (χ3n) is 4.09. The molecule has 5 nitrogen and oxygen atoms in total. The fourth-order valence-corrected chi connectivity index (χ4v) is 4.96. The van der Waals surface area contributed by atoms with Crippen LogP contribution in [0.1, 0.15) is 44.2 Å². The molecule has 1 fully saturated rings. The van der Waals surface area contributed by atoms with E-state index in [-0.39, 0.29) is 24.0 Å². The number of sulfone groups is 1. The highest BCUT2D eigenvalue weighted by Gasteiger charge is 2.39. The van der Waals surface area contributed by atoms with Gasteiger partial charge in [0.25, 0.3) is 5.91 Å². The number of hydrogen-bond donors (Lipinski definition) is 1. The summed E-state index contributed by atoms with van der Waals surface area (Å²) in [6.07, 6.45) is 0.447. The van der Waals surface area contributed by atoms with Crippen LogP contribution >= 0.6 is 0 Å². The second-order valence-corrected chi connectivity index (χ2v) is 9.12. The standard InChI is InChI=1S/C17H25NO4S/c1-12(2)14-6-5-13(3)9-15(14)22-10-16(19)18-17(4)7-8-23(20,21)11-17/h5-6,9,12H,7-8,10-11H2,1-4H3,(H,18,19)/t17-/m0/s1. The summed E-state index contributed by atoms with van der Waals surface area (Å²) in [4.78, 5) is 12.1. The van der Waals surface area contributed by atoms with Crippen LogP contribution in [0.25, 0.3) is 0 Å². The van der Waals surface area contributed by atoms with Gasteiger partial charge in [-0.15, -0.1) is 0 Å². The van der Waals surface area contributed by atoms with Gasteiger partial charge in [0.1, 0.15) is 5.75 Å². The Morgan fingerprint density at radius 3 is 2.65 bits per heavy atom. The molecule has 1 amide bonds.